The van der Waals surface area contributed by atoms with E-state index in [-0.39, 0.29) is 12.2 Å². The van der Waals surface area contributed by atoms with Crippen molar-refractivity contribution in [2.45, 2.75) is 37.1 Å². The first-order chi connectivity index (χ1) is 9.43. The van der Waals surface area contributed by atoms with Crippen LogP contribution in [-0.2, 0) is 9.53 Å². The molecule has 6 N–H and O–H groups in total. The lowest BCUT2D eigenvalue weighted by Crippen LogP contribution is -2.33. The van der Waals surface area contributed by atoms with Crippen LogP contribution < -0.4 is 5.73 Å². The summed E-state index contributed by atoms with van der Waals surface area (Å²) in [4.78, 5) is 14.5. The standard InChI is InChI=1S/C10H16N4O6/c11-6(17)1-4(16)9-12-3-14(13-9)10-8(19)7(18)5(2-15)20-10/h3-5,7-8,10,15-16,18-19H,1-2H2,(H2,11,17)/t4?,5-,7+,8?,10-/m1/s1. The number of nitrogens with zero attached hydrogens (tertiary/aromatic N) is 3. The van der Waals surface area contributed by atoms with Crippen molar-refractivity contribution < 1.29 is 30.0 Å². The van der Waals surface area contributed by atoms with Gasteiger partial charge in [0.05, 0.1) is 13.0 Å². The third kappa shape index (κ3) is 2.78. The third-order valence-corrected chi connectivity index (χ3v) is 3.00. The predicted octanol–water partition coefficient (Wildman–Crippen LogP) is -3.20. The van der Waals surface area contributed by atoms with Crippen LogP contribution in [0.5, 0.6) is 0 Å². The number of rotatable bonds is 5. The Hall–Kier alpha value is -1.59. The molecule has 0 radical (unpaired) electrons. The summed E-state index contributed by atoms with van der Waals surface area (Å²) >= 11 is 0. The van der Waals surface area contributed by atoms with Gasteiger partial charge in [0.15, 0.2) is 12.1 Å². The summed E-state index contributed by atoms with van der Waals surface area (Å²) in [7, 11) is 0. The Morgan fingerprint density at radius 2 is 2.20 bits per heavy atom. The first-order valence-electron chi connectivity index (χ1n) is 5.94. The van der Waals surface area contributed by atoms with Gasteiger partial charge in [0.2, 0.25) is 5.91 Å². The van der Waals surface area contributed by atoms with Gasteiger partial charge in [-0.1, -0.05) is 0 Å². The molecule has 2 rings (SSSR count). The van der Waals surface area contributed by atoms with E-state index in [2.05, 4.69) is 10.1 Å². The van der Waals surface area contributed by atoms with Crippen molar-refractivity contribution in [3.05, 3.63) is 12.2 Å². The lowest BCUT2D eigenvalue weighted by atomic mass is 10.1. The number of amides is 1. The van der Waals surface area contributed by atoms with Gasteiger partial charge in [-0.15, -0.1) is 0 Å². The van der Waals surface area contributed by atoms with E-state index in [1.54, 1.807) is 0 Å². The molecule has 112 valence electrons. The van der Waals surface area contributed by atoms with E-state index >= 15 is 0 Å². The molecule has 1 aromatic rings. The number of aliphatic hydroxyl groups excluding tert-OH is 4. The van der Waals surface area contributed by atoms with Crippen LogP contribution in [0.1, 0.15) is 24.6 Å². The fraction of sp³-hybridized carbons (Fsp3) is 0.700. The molecule has 1 aromatic heterocycles. The molecule has 0 saturated carbocycles. The van der Waals surface area contributed by atoms with Gasteiger partial charge in [0, 0.05) is 0 Å². The molecule has 1 fully saturated rings. The minimum atomic E-state index is -1.30. The van der Waals surface area contributed by atoms with Crippen LogP contribution in [0.4, 0.5) is 0 Å². The fourth-order valence-electron chi connectivity index (χ4n) is 1.94. The average molecular weight is 288 g/mol. The zero-order valence-corrected chi connectivity index (χ0v) is 10.4. The van der Waals surface area contributed by atoms with Crippen LogP contribution in [0.3, 0.4) is 0 Å². The maximum atomic E-state index is 10.7. The Labute approximate surface area is 113 Å². The van der Waals surface area contributed by atoms with Gasteiger partial charge in [-0.25, -0.2) is 9.67 Å². The number of nitrogens with two attached hydrogens (primary N) is 1. The highest BCUT2D eigenvalue weighted by molar-refractivity contribution is 5.74. The summed E-state index contributed by atoms with van der Waals surface area (Å²) in [6.45, 7) is -0.458. The first kappa shape index (κ1) is 14.8. The van der Waals surface area contributed by atoms with Crippen molar-refractivity contribution >= 4 is 5.91 Å². The molecule has 0 aromatic carbocycles. The molecular weight excluding hydrogens is 272 g/mol. The quantitative estimate of drug-likeness (QED) is 0.378. The van der Waals surface area contributed by atoms with Crippen molar-refractivity contribution in [2.24, 2.45) is 5.73 Å². The molecule has 2 heterocycles. The van der Waals surface area contributed by atoms with Gasteiger partial charge >= 0.3 is 0 Å². The van der Waals surface area contributed by atoms with Gasteiger partial charge in [0.1, 0.15) is 30.7 Å². The van der Waals surface area contributed by atoms with Crippen molar-refractivity contribution in [1.29, 1.82) is 0 Å². The second-order valence-corrected chi connectivity index (χ2v) is 4.50. The molecule has 1 saturated heterocycles. The third-order valence-electron chi connectivity index (χ3n) is 3.00. The molecule has 0 aliphatic carbocycles. The predicted molar refractivity (Wildman–Crippen MR) is 61.8 cm³/mol. The largest absolute Gasteiger partial charge is 0.394 e. The van der Waals surface area contributed by atoms with Gasteiger partial charge in [0.25, 0.3) is 0 Å². The van der Waals surface area contributed by atoms with E-state index in [1.165, 1.54) is 6.33 Å². The second-order valence-electron chi connectivity index (χ2n) is 4.50. The van der Waals surface area contributed by atoms with E-state index in [0.29, 0.717) is 0 Å². The summed E-state index contributed by atoms with van der Waals surface area (Å²) in [6, 6.07) is 0. The molecule has 0 bridgehead atoms. The van der Waals surface area contributed by atoms with Gasteiger partial charge in [-0.05, 0) is 0 Å². The molecule has 0 spiro atoms. The number of carbonyl (C=O) groups is 1. The van der Waals surface area contributed by atoms with Crippen molar-refractivity contribution in [3.63, 3.8) is 0 Å². The number of aromatic nitrogens is 3. The molecular formula is C10H16N4O6. The van der Waals surface area contributed by atoms with E-state index in [4.69, 9.17) is 15.6 Å². The number of aliphatic hydroxyl groups is 4. The fourth-order valence-corrected chi connectivity index (χ4v) is 1.94. The van der Waals surface area contributed by atoms with E-state index in [0.717, 1.165) is 4.68 Å². The number of hydrogen-bond donors (Lipinski definition) is 5. The van der Waals surface area contributed by atoms with Crippen LogP contribution >= 0.6 is 0 Å². The van der Waals surface area contributed by atoms with Gasteiger partial charge in [-0.3, -0.25) is 4.79 Å². The Morgan fingerprint density at radius 1 is 1.50 bits per heavy atom. The van der Waals surface area contributed by atoms with E-state index < -0.39 is 43.2 Å². The van der Waals surface area contributed by atoms with Crippen molar-refractivity contribution in [1.82, 2.24) is 14.8 Å². The maximum absolute atomic E-state index is 10.7. The van der Waals surface area contributed by atoms with Gasteiger partial charge < -0.3 is 30.9 Å². The summed E-state index contributed by atoms with van der Waals surface area (Å²) in [6.07, 6.45) is -4.93. The zero-order valence-electron chi connectivity index (χ0n) is 10.4. The van der Waals surface area contributed by atoms with E-state index in [1.807, 2.05) is 0 Å². The molecule has 2 unspecified atom stereocenters. The first-order valence-corrected chi connectivity index (χ1v) is 5.94. The highest BCUT2D eigenvalue weighted by Gasteiger charge is 2.44. The van der Waals surface area contributed by atoms with E-state index in [9.17, 15) is 20.1 Å². The van der Waals surface area contributed by atoms with Crippen molar-refractivity contribution in [3.8, 4) is 0 Å². The summed E-state index contributed by atoms with van der Waals surface area (Å²) in [5.74, 6) is -0.761. The number of hydrogen-bond acceptors (Lipinski definition) is 8. The Morgan fingerprint density at radius 3 is 2.75 bits per heavy atom. The smallest absolute Gasteiger partial charge is 0.220 e. The minimum Gasteiger partial charge on any atom is -0.394 e. The lowest BCUT2D eigenvalue weighted by Gasteiger charge is -2.14. The molecule has 10 nitrogen and oxygen atoms in total. The molecule has 1 aliphatic rings. The summed E-state index contributed by atoms with van der Waals surface area (Å²) < 4.78 is 6.33. The van der Waals surface area contributed by atoms with Crippen LogP contribution in [0.25, 0.3) is 0 Å². The topological polar surface area (TPSA) is 164 Å². The molecule has 20 heavy (non-hydrogen) atoms. The highest BCUT2D eigenvalue weighted by Crippen LogP contribution is 2.28. The lowest BCUT2D eigenvalue weighted by molar-refractivity contribution is -0.120. The Kier molecular flexibility index (Phi) is 4.30. The molecule has 10 heteroatoms. The highest BCUT2D eigenvalue weighted by atomic mass is 16.6. The summed E-state index contributed by atoms with van der Waals surface area (Å²) in [5.41, 5.74) is 4.95. The van der Waals surface area contributed by atoms with Crippen LogP contribution in [0, 0.1) is 0 Å². The average Bonchev–Trinajstić information content (AvgIpc) is 2.96. The molecule has 1 aliphatic heterocycles. The molecule has 5 atom stereocenters. The van der Waals surface area contributed by atoms with Crippen LogP contribution in [-0.4, -0.2) is 66.0 Å². The normalized spacial score (nSPS) is 31.4. The number of ether oxygens (including phenoxy) is 1. The monoisotopic (exact) mass is 288 g/mol. The zero-order chi connectivity index (χ0) is 14.9. The van der Waals surface area contributed by atoms with Crippen molar-refractivity contribution in [2.75, 3.05) is 6.61 Å². The van der Waals surface area contributed by atoms with Gasteiger partial charge in [-0.2, -0.15) is 5.10 Å². The maximum Gasteiger partial charge on any atom is 0.220 e. The Balaban J connectivity index is 2.11. The number of carbonyl (C=O) groups excluding carboxylic acids is 1. The minimum absolute atomic E-state index is 0.0541. The Bertz CT molecular complexity index is 480. The molecule has 1 amide bonds. The SMILES string of the molecule is NC(=O)CC(O)c1ncn([C@@H]2O[C@H](CO)[C@H](O)C2O)n1. The second kappa shape index (κ2) is 5.81. The number of primary amides is 1. The summed E-state index contributed by atoms with van der Waals surface area (Å²) in [5, 5.41) is 41.9. The van der Waals surface area contributed by atoms with Crippen LogP contribution in [0.15, 0.2) is 6.33 Å². The van der Waals surface area contributed by atoms with Crippen LogP contribution in [0.2, 0.25) is 0 Å².